The number of carboxylic acid groups (broad SMARTS) is 1. The standard InChI is InChI=1S/C12H9NO3/c14-12(15)10-7-3-1-2-4-9(7)13-11-8(10)5-6-16-11/h1-4H,5-6H2,(H,14,15). The van der Waals surface area contributed by atoms with Crippen LogP contribution in [0.5, 0.6) is 5.88 Å². The van der Waals surface area contributed by atoms with Crippen LogP contribution in [-0.2, 0) is 6.42 Å². The highest BCUT2D eigenvalue weighted by Gasteiger charge is 2.24. The minimum absolute atomic E-state index is 0.332. The first-order valence-corrected chi connectivity index (χ1v) is 5.05. The van der Waals surface area contributed by atoms with E-state index in [9.17, 15) is 9.90 Å². The van der Waals surface area contributed by atoms with Crippen molar-refractivity contribution in [2.75, 3.05) is 6.61 Å². The molecule has 80 valence electrons. The molecule has 4 heteroatoms. The van der Waals surface area contributed by atoms with Crippen molar-refractivity contribution in [3.8, 4) is 5.88 Å². The van der Waals surface area contributed by atoms with E-state index >= 15 is 0 Å². The van der Waals surface area contributed by atoms with Crippen LogP contribution < -0.4 is 4.74 Å². The van der Waals surface area contributed by atoms with Crippen LogP contribution in [0.2, 0.25) is 0 Å². The van der Waals surface area contributed by atoms with Gasteiger partial charge in [-0.2, -0.15) is 0 Å². The summed E-state index contributed by atoms with van der Waals surface area (Å²) in [4.78, 5) is 15.6. The molecule has 0 bridgehead atoms. The van der Waals surface area contributed by atoms with Crippen LogP contribution in [0, 0.1) is 0 Å². The molecule has 0 saturated carbocycles. The zero-order chi connectivity index (χ0) is 11.1. The van der Waals surface area contributed by atoms with Gasteiger partial charge in [0.25, 0.3) is 0 Å². The van der Waals surface area contributed by atoms with Crippen molar-refractivity contribution in [2.24, 2.45) is 0 Å². The Hall–Kier alpha value is -2.10. The summed E-state index contributed by atoms with van der Waals surface area (Å²) in [6.45, 7) is 0.513. The van der Waals surface area contributed by atoms with Crippen LogP contribution in [0.1, 0.15) is 15.9 Å². The predicted octanol–water partition coefficient (Wildman–Crippen LogP) is 1.87. The number of benzene rings is 1. The summed E-state index contributed by atoms with van der Waals surface area (Å²) >= 11 is 0. The second-order valence-corrected chi connectivity index (χ2v) is 3.69. The van der Waals surface area contributed by atoms with Gasteiger partial charge >= 0.3 is 5.97 Å². The molecule has 1 aromatic carbocycles. The molecule has 0 saturated heterocycles. The summed E-state index contributed by atoms with van der Waals surface area (Å²) < 4.78 is 5.32. The van der Waals surface area contributed by atoms with Gasteiger partial charge in [-0.05, 0) is 6.07 Å². The number of ether oxygens (including phenoxy) is 1. The Morgan fingerprint density at radius 2 is 2.19 bits per heavy atom. The van der Waals surface area contributed by atoms with Crippen molar-refractivity contribution < 1.29 is 14.6 Å². The molecule has 0 unspecified atom stereocenters. The maximum Gasteiger partial charge on any atom is 0.336 e. The van der Waals surface area contributed by atoms with E-state index in [4.69, 9.17) is 4.74 Å². The number of aromatic nitrogens is 1. The highest BCUT2D eigenvalue weighted by Crippen LogP contribution is 2.31. The van der Waals surface area contributed by atoms with Crippen molar-refractivity contribution in [2.45, 2.75) is 6.42 Å². The first-order valence-electron chi connectivity index (χ1n) is 5.05. The predicted molar refractivity (Wildman–Crippen MR) is 57.9 cm³/mol. The van der Waals surface area contributed by atoms with Crippen LogP contribution in [0.4, 0.5) is 0 Å². The van der Waals surface area contributed by atoms with Gasteiger partial charge in [0.05, 0.1) is 17.7 Å². The van der Waals surface area contributed by atoms with Crippen molar-refractivity contribution in [3.05, 3.63) is 35.4 Å². The molecule has 2 aromatic rings. The molecule has 1 aliphatic heterocycles. The number of pyridine rings is 1. The largest absolute Gasteiger partial charge is 0.478 e. The SMILES string of the molecule is O=C(O)c1c2c(nc3ccccc13)OCC2. The zero-order valence-electron chi connectivity index (χ0n) is 8.43. The molecular formula is C12H9NO3. The van der Waals surface area contributed by atoms with Gasteiger partial charge in [-0.1, -0.05) is 18.2 Å². The molecule has 1 N–H and O–H groups in total. The summed E-state index contributed by atoms with van der Waals surface area (Å²) in [5.74, 6) is -0.448. The fourth-order valence-corrected chi connectivity index (χ4v) is 2.07. The highest BCUT2D eigenvalue weighted by molar-refractivity contribution is 6.04. The van der Waals surface area contributed by atoms with Crippen LogP contribution in [0.3, 0.4) is 0 Å². The van der Waals surface area contributed by atoms with E-state index in [-0.39, 0.29) is 0 Å². The molecule has 1 aromatic heterocycles. The lowest BCUT2D eigenvalue weighted by atomic mass is 10.0. The number of aromatic carboxylic acids is 1. The fourth-order valence-electron chi connectivity index (χ4n) is 2.07. The molecule has 0 atom stereocenters. The molecule has 0 aliphatic carbocycles. The molecule has 0 spiro atoms. The molecule has 1 aliphatic rings. The normalized spacial score (nSPS) is 13.5. The second-order valence-electron chi connectivity index (χ2n) is 3.69. The van der Waals surface area contributed by atoms with E-state index in [0.29, 0.717) is 40.9 Å². The quantitative estimate of drug-likeness (QED) is 0.788. The van der Waals surface area contributed by atoms with Crippen LogP contribution in [0.25, 0.3) is 10.9 Å². The molecule has 2 heterocycles. The number of nitrogens with zero attached hydrogens (tertiary/aromatic N) is 1. The monoisotopic (exact) mass is 215 g/mol. The van der Waals surface area contributed by atoms with Gasteiger partial charge in [-0.3, -0.25) is 0 Å². The van der Waals surface area contributed by atoms with E-state index in [1.54, 1.807) is 12.1 Å². The average molecular weight is 215 g/mol. The van der Waals surface area contributed by atoms with E-state index < -0.39 is 5.97 Å². The number of hydrogen-bond donors (Lipinski definition) is 1. The van der Waals surface area contributed by atoms with E-state index in [2.05, 4.69) is 4.98 Å². The van der Waals surface area contributed by atoms with Gasteiger partial charge in [0.1, 0.15) is 0 Å². The summed E-state index contributed by atoms with van der Waals surface area (Å²) in [5.41, 5.74) is 1.71. The maximum absolute atomic E-state index is 11.3. The molecule has 0 fully saturated rings. The average Bonchev–Trinajstić information content (AvgIpc) is 2.72. The lowest BCUT2D eigenvalue weighted by molar-refractivity contribution is 0.0698. The number of fused-ring (bicyclic) bond motifs is 2. The second kappa shape index (κ2) is 3.20. The lowest BCUT2D eigenvalue weighted by Crippen LogP contribution is -2.03. The van der Waals surface area contributed by atoms with Crippen molar-refractivity contribution >= 4 is 16.9 Å². The van der Waals surface area contributed by atoms with Crippen LogP contribution >= 0.6 is 0 Å². The Labute approximate surface area is 91.5 Å². The number of carboxylic acids is 1. The first kappa shape index (κ1) is 9.15. The Balaban J connectivity index is 2.45. The smallest absolute Gasteiger partial charge is 0.336 e. The Morgan fingerprint density at radius 1 is 1.38 bits per heavy atom. The van der Waals surface area contributed by atoms with Crippen molar-refractivity contribution in [3.63, 3.8) is 0 Å². The van der Waals surface area contributed by atoms with Crippen LogP contribution in [-0.4, -0.2) is 22.7 Å². The van der Waals surface area contributed by atoms with E-state index in [1.807, 2.05) is 12.1 Å². The first-order chi connectivity index (χ1) is 7.77. The van der Waals surface area contributed by atoms with Crippen molar-refractivity contribution in [1.29, 1.82) is 0 Å². The minimum Gasteiger partial charge on any atom is -0.478 e. The third-order valence-corrected chi connectivity index (χ3v) is 2.76. The van der Waals surface area contributed by atoms with Gasteiger partial charge < -0.3 is 9.84 Å². The van der Waals surface area contributed by atoms with Gasteiger partial charge in [-0.25, -0.2) is 9.78 Å². The van der Waals surface area contributed by atoms with Gasteiger partial charge in [0, 0.05) is 17.4 Å². The summed E-state index contributed by atoms with van der Waals surface area (Å²) in [7, 11) is 0. The zero-order valence-corrected chi connectivity index (χ0v) is 8.43. The van der Waals surface area contributed by atoms with Gasteiger partial charge in [0.2, 0.25) is 5.88 Å². The molecule has 3 rings (SSSR count). The van der Waals surface area contributed by atoms with Gasteiger partial charge in [-0.15, -0.1) is 0 Å². The Morgan fingerprint density at radius 3 is 3.00 bits per heavy atom. The van der Waals surface area contributed by atoms with Crippen LogP contribution in [0.15, 0.2) is 24.3 Å². The molecule has 0 amide bonds. The third-order valence-electron chi connectivity index (χ3n) is 2.76. The number of rotatable bonds is 1. The molecule has 16 heavy (non-hydrogen) atoms. The topological polar surface area (TPSA) is 59.4 Å². The fraction of sp³-hybridized carbons (Fsp3) is 0.167. The molecule has 4 nitrogen and oxygen atoms in total. The highest BCUT2D eigenvalue weighted by atomic mass is 16.5. The minimum atomic E-state index is -0.916. The third kappa shape index (κ3) is 1.16. The number of hydrogen-bond acceptors (Lipinski definition) is 3. The lowest BCUT2D eigenvalue weighted by Gasteiger charge is -2.06. The van der Waals surface area contributed by atoms with E-state index in [1.165, 1.54) is 0 Å². The Bertz CT molecular complexity index is 592. The molecular weight excluding hydrogens is 206 g/mol. The Kier molecular flexibility index (Phi) is 1.83. The summed E-state index contributed by atoms with van der Waals surface area (Å²) in [5, 5.41) is 9.94. The van der Waals surface area contributed by atoms with Crippen molar-refractivity contribution in [1.82, 2.24) is 4.98 Å². The molecule has 0 radical (unpaired) electrons. The number of para-hydroxylation sites is 1. The summed E-state index contributed by atoms with van der Waals surface area (Å²) in [6, 6.07) is 7.23. The summed E-state index contributed by atoms with van der Waals surface area (Å²) in [6.07, 6.45) is 0.620. The van der Waals surface area contributed by atoms with Gasteiger partial charge in [0.15, 0.2) is 0 Å². The van der Waals surface area contributed by atoms with E-state index in [0.717, 1.165) is 0 Å². The maximum atomic E-state index is 11.3. The number of carbonyl (C=O) groups is 1.